The minimum atomic E-state index is 0.725. The molecule has 19 heavy (non-hydrogen) atoms. The highest BCUT2D eigenvalue weighted by molar-refractivity contribution is 5.77. The van der Waals surface area contributed by atoms with Gasteiger partial charge in [0.1, 0.15) is 11.3 Å². The summed E-state index contributed by atoms with van der Waals surface area (Å²) >= 11 is 0. The van der Waals surface area contributed by atoms with Gasteiger partial charge in [-0.15, -0.1) is 0 Å². The van der Waals surface area contributed by atoms with Crippen LogP contribution in [-0.2, 0) is 6.54 Å². The van der Waals surface area contributed by atoms with E-state index in [1.165, 1.54) is 5.39 Å². The molecule has 0 atom stereocenters. The van der Waals surface area contributed by atoms with Gasteiger partial charge in [0.25, 0.3) is 0 Å². The van der Waals surface area contributed by atoms with Crippen molar-refractivity contribution in [2.75, 3.05) is 19.6 Å². The lowest BCUT2D eigenvalue weighted by Crippen LogP contribution is -2.24. The van der Waals surface area contributed by atoms with E-state index in [2.05, 4.69) is 36.6 Å². The lowest BCUT2D eigenvalue weighted by atomic mass is 10.2. The van der Waals surface area contributed by atoms with Gasteiger partial charge < -0.3 is 15.1 Å². The quantitative estimate of drug-likeness (QED) is 0.716. The molecule has 0 saturated heterocycles. The first-order valence-corrected chi connectivity index (χ1v) is 7.14. The van der Waals surface area contributed by atoms with Crippen LogP contribution in [0.3, 0.4) is 0 Å². The molecule has 1 heterocycles. The van der Waals surface area contributed by atoms with Gasteiger partial charge in [0.05, 0.1) is 6.54 Å². The second kappa shape index (κ2) is 7.31. The van der Waals surface area contributed by atoms with Crippen LogP contribution in [0.2, 0.25) is 0 Å². The predicted molar refractivity (Wildman–Crippen MR) is 80.2 cm³/mol. The molecule has 1 aromatic heterocycles. The Labute approximate surface area is 115 Å². The Bertz CT molecular complexity index is 457. The van der Waals surface area contributed by atoms with E-state index in [-0.39, 0.29) is 0 Å². The zero-order valence-electron chi connectivity index (χ0n) is 11.9. The number of fused-ring (bicyclic) bond motifs is 1. The summed E-state index contributed by atoms with van der Waals surface area (Å²) in [6, 6.07) is 10.2. The number of hydrogen-bond donors (Lipinski definition) is 2. The molecule has 104 valence electrons. The van der Waals surface area contributed by atoms with Gasteiger partial charge in [-0.25, -0.2) is 0 Å². The monoisotopic (exact) mass is 260 g/mol. The summed E-state index contributed by atoms with van der Waals surface area (Å²) < 4.78 is 5.75. The third-order valence-corrected chi connectivity index (χ3v) is 3.04. The van der Waals surface area contributed by atoms with Gasteiger partial charge in [-0.3, -0.25) is 0 Å². The number of furan rings is 1. The first kappa shape index (κ1) is 14.1. The second-order valence-corrected chi connectivity index (χ2v) is 5.38. The summed E-state index contributed by atoms with van der Waals surface area (Å²) in [5.74, 6) is 1.74. The fourth-order valence-electron chi connectivity index (χ4n) is 2.06. The van der Waals surface area contributed by atoms with Crippen molar-refractivity contribution in [3.05, 3.63) is 36.1 Å². The van der Waals surface area contributed by atoms with Crippen LogP contribution in [0.25, 0.3) is 11.0 Å². The first-order chi connectivity index (χ1) is 9.25. The molecule has 0 unspecified atom stereocenters. The summed E-state index contributed by atoms with van der Waals surface area (Å²) in [5, 5.41) is 8.04. The Morgan fingerprint density at radius 3 is 2.68 bits per heavy atom. The van der Waals surface area contributed by atoms with Crippen LogP contribution in [0.4, 0.5) is 0 Å². The van der Waals surface area contributed by atoms with Gasteiger partial charge in [-0.2, -0.15) is 0 Å². The molecule has 0 saturated carbocycles. The molecule has 0 aliphatic heterocycles. The molecule has 0 aliphatic carbocycles. The second-order valence-electron chi connectivity index (χ2n) is 5.38. The van der Waals surface area contributed by atoms with Crippen molar-refractivity contribution in [2.45, 2.75) is 26.8 Å². The van der Waals surface area contributed by atoms with E-state index in [4.69, 9.17) is 4.42 Å². The summed E-state index contributed by atoms with van der Waals surface area (Å²) in [7, 11) is 0. The molecule has 0 fully saturated rings. The number of nitrogens with one attached hydrogen (secondary N) is 2. The molecule has 0 bridgehead atoms. The Morgan fingerprint density at radius 1 is 1.11 bits per heavy atom. The van der Waals surface area contributed by atoms with Crippen LogP contribution in [0.5, 0.6) is 0 Å². The lowest BCUT2D eigenvalue weighted by Gasteiger charge is -2.07. The highest BCUT2D eigenvalue weighted by atomic mass is 16.3. The molecule has 0 spiro atoms. The van der Waals surface area contributed by atoms with Crippen molar-refractivity contribution in [1.29, 1.82) is 0 Å². The number of rotatable bonds is 8. The fraction of sp³-hybridized carbons (Fsp3) is 0.500. The van der Waals surface area contributed by atoms with Gasteiger partial charge in [0.15, 0.2) is 0 Å². The molecule has 2 aromatic rings. The molecule has 2 N–H and O–H groups in total. The summed E-state index contributed by atoms with van der Waals surface area (Å²) in [4.78, 5) is 0. The van der Waals surface area contributed by atoms with E-state index in [0.29, 0.717) is 0 Å². The fourth-order valence-corrected chi connectivity index (χ4v) is 2.06. The van der Waals surface area contributed by atoms with Gasteiger partial charge >= 0.3 is 0 Å². The number of para-hydroxylation sites is 1. The minimum absolute atomic E-state index is 0.725. The van der Waals surface area contributed by atoms with Crippen LogP contribution < -0.4 is 10.6 Å². The van der Waals surface area contributed by atoms with Crippen LogP contribution in [0.15, 0.2) is 34.7 Å². The minimum Gasteiger partial charge on any atom is -0.460 e. The highest BCUT2D eigenvalue weighted by Gasteiger charge is 2.01. The average molecular weight is 260 g/mol. The van der Waals surface area contributed by atoms with Crippen molar-refractivity contribution in [2.24, 2.45) is 5.92 Å². The maximum atomic E-state index is 5.75. The van der Waals surface area contributed by atoms with Crippen molar-refractivity contribution >= 4 is 11.0 Å². The summed E-state index contributed by atoms with van der Waals surface area (Å²) in [5.41, 5.74) is 0.970. The zero-order valence-corrected chi connectivity index (χ0v) is 11.9. The van der Waals surface area contributed by atoms with Crippen LogP contribution in [0, 0.1) is 5.92 Å². The largest absolute Gasteiger partial charge is 0.460 e. The average Bonchev–Trinajstić information content (AvgIpc) is 2.79. The Kier molecular flexibility index (Phi) is 5.43. The topological polar surface area (TPSA) is 37.2 Å². The predicted octanol–water partition coefficient (Wildman–Crippen LogP) is 3.16. The van der Waals surface area contributed by atoms with Gasteiger partial charge in [0.2, 0.25) is 0 Å². The van der Waals surface area contributed by atoms with Crippen molar-refractivity contribution in [3.63, 3.8) is 0 Å². The first-order valence-electron chi connectivity index (χ1n) is 7.14. The summed E-state index contributed by atoms with van der Waals surface area (Å²) in [6.07, 6.45) is 1.15. The molecule has 3 nitrogen and oxygen atoms in total. The molecular weight excluding hydrogens is 236 g/mol. The Balaban J connectivity index is 1.63. The van der Waals surface area contributed by atoms with Crippen LogP contribution in [0.1, 0.15) is 26.0 Å². The summed E-state index contributed by atoms with van der Waals surface area (Å²) in [6.45, 7) is 8.45. The Morgan fingerprint density at radius 2 is 1.89 bits per heavy atom. The molecule has 0 amide bonds. The molecule has 0 aliphatic rings. The van der Waals surface area contributed by atoms with Gasteiger partial charge in [0, 0.05) is 5.39 Å². The smallest absolute Gasteiger partial charge is 0.134 e. The van der Waals surface area contributed by atoms with Crippen molar-refractivity contribution < 1.29 is 4.42 Å². The van der Waals surface area contributed by atoms with E-state index in [9.17, 15) is 0 Å². The van der Waals surface area contributed by atoms with Crippen molar-refractivity contribution in [1.82, 2.24) is 10.6 Å². The number of hydrogen-bond acceptors (Lipinski definition) is 3. The normalized spacial score (nSPS) is 11.5. The van der Waals surface area contributed by atoms with E-state index in [1.54, 1.807) is 0 Å². The Hall–Kier alpha value is -1.32. The zero-order chi connectivity index (χ0) is 13.5. The molecule has 2 rings (SSSR count). The third kappa shape index (κ3) is 4.69. The number of benzene rings is 1. The van der Waals surface area contributed by atoms with E-state index in [0.717, 1.165) is 49.9 Å². The molecular formula is C16H24N2O. The van der Waals surface area contributed by atoms with E-state index >= 15 is 0 Å². The van der Waals surface area contributed by atoms with Crippen molar-refractivity contribution in [3.8, 4) is 0 Å². The van der Waals surface area contributed by atoms with Gasteiger partial charge in [-0.1, -0.05) is 32.0 Å². The van der Waals surface area contributed by atoms with Crippen LogP contribution in [-0.4, -0.2) is 19.6 Å². The maximum Gasteiger partial charge on any atom is 0.134 e. The molecule has 1 aromatic carbocycles. The standard InChI is InChI=1S/C16H24N2O/c1-13(2)11-17-8-5-9-18-12-15-10-14-6-3-4-7-16(14)19-15/h3-4,6-7,10,13,17-18H,5,8-9,11-12H2,1-2H3. The maximum absolute atomic E-state index is 5.75. The van der Waals surface area contributed by atoms with E-state index in [1.807, 2.05) is 18.2 Å². The van der Waals surface area contributed by atoms with E-state index < -0.39 is 0 Å². The third-order valence-electron chi connectivity index (χ3n) is 3.04. The van der Waals surface area contributed by atoms with Gasteiger partial charge in [-0.05, 0) is 44.1 Å². The van der Waals surface area contributed by atoms with Crippen LogP contribution >= 0.6 is 0 Å². The lowest BCUT2D eigenvalue weighted by molar-refractivity contribution is 0.496. The molecule has 3 heteroatoms. The highest BCUT2D eigenvalue weighted by Crippen LogP contribution is 2.18. The SMILES string of the molecule is CC(C)CNCCCNCc1cc2ccccc2o1. The molecule has 0 radical (unpaired) electrons.